The summed E-state index contributed by atoms with van der Waals surface area (Å²) in [5, 5.41) is 14.9. The zero-order valence-electron chi connectivity index (χ0n) is 12.7. The molecule has 0 saturated heterocycles. The molecule has 0 radical (unpaired) electrons. The summed E-state index contributed by atoms with van der Waals surface area (Å²) in [6, 6.07) is 15.3. The normalized spacial score (nSPS) is 13.7. The number of amides is 1. The standard InChI is InChI=1S/C17H14BrN5O/c18-15-7-2-1-6-14(15)17(24)19-12-5-3-4-11(10-12)16-20-21-22-23(16)13-8-9-13/h1-7,10,13H,8-9H2,(H,19,24). The van der Waals surface area contributed by atoms with Crippen LogP contribution in [0, 0.1) is 0 Å². The lowest BCUT2D eigenvalue weighted by Crippen LogP contribution is -2.12. The van der Waals surface area contributed by atoms with Gasteiger partial charge in [0, 0.05) is 15.7 Å². The maximum atomic E-state index is 12.4. The maximum absolute atomic E-state index is 12.4. The molecular weight excluding hydrogens is 370 g/mol. The third kappa shape index (κ3) is 2.94. The van der Waals surface area contributed by atoms with E-state index in [1.165, 1.54) is 0 Å². The average Bonchev–Trinajstić information content (AvgIpc) is 3.32. The number of benzene rings is 2. The predicted octanol–water partition coefficient (Wildman–Crippen LogP) is 3.69. The van der Waals surface area contributed by atoms with Gasteiger partial charge in [-0.15, -0.1) is 5.10 Å². The number of hydrogen-bond acceptors (Lipinski definition) is 4. The highest BCUT2D eigenvalue weighted by atomic mass is 79.9. The van der Waals surface area contributed by atoms with Gasteiger partial charge in [-0.3, -0.25) is 4.79 Å². The van der Waals surface area contributed by atoms with Crippen LogP contribution < -0.4 is 5.32 Å². The summed E-state index contributed by atoms with van der Waals surface area (Å²) in [7, 11) is 0. The lowest BCUT2D eigenvalue weighted by Gasteiger charge is -2.08. The highest BCUT2D eigenvalue weighted by Crippen LogP contribution is 2.36. The van der Waals surface area contributed by atoms with Crippen LogP contribution in [0.5, 0.6) is 0 Å². The van der Waals surface area contributed by atoms with E-state index in [4.69, 9.17) is 0 Å². The first-order valence-electron chi connectivity index (χ1n) is 7.66. The summed E-state index contributed by atoms with van der Waals surface area (Å²) in [6.45, 7) is 0. The van der Waals surface area contributed by atoms with Crippen LogP contribution in [-0.2, 0) is 0 Å². The van der Waals surface area contributed by atoms with Crippen molar-refractivity contribution >= 4 is 27.5 Å². The molecule has 0 atom stereocenters. The van der Waals surface area contributed by atoms with Gasteiger partial charge in [0.25, 0.3) is 5.91 Å². The number of carbonyl (C=O) groups excluding carboxylic acids is 1. The first kappa shape index (κ1) is 15.0. The van der Waals surface area contributed by atoms with Gasteiger partial charge in [-0.1, -0.05) is 24.3 Å². The van der Waals surface area contributed by atoms with Crippen molar-refractivity contribution in [3.05, 3.63) is 58.6 Å². The molecule has 2 aromatic carbocycles. The first-order chi connectivity index (χ1) is 11.7. The molecule has 0 bridgehead atoms. The fourth-order valence-electron chi connectivity index (χ4n) is 2.53. The average molecular weight is 384 g/mol. The van der Waals surface area contributed by atoms with E-state index < -0.39 is 0 Å². The molecule has 1 aliphatic rings. The van der Waals surface area contributed by atoms with E-state index in [-0.39, 0.29) is 5.91 Å². The van der Waals surface area contributed by atoms with Crippen molar-refractivity contribution < 1.29 is 4.79 Å². The van der Waals surface area contributed by atoms with Crippen LogP contribution in [0.1, 0.15) is 29.2 Å². The summed E-state index contributed by atoms with van der Waals surface area (Å²) < 4.78 is 2.62. The fraction of sp³-hybridized carbons (Fsp3) is 0.176. The van der Waals surface area contributed by atoms with Crippen LogP contribution in [0.2, 0.25) is 0 Å². The molecule has 4 rings (SSSR count). The highest BCUT2D eigenvalue weighted by Gasteiger charge is 2.28. The SMILES string of the molecule is O=C(Nc1cccc(-c2nnnn2C2CC2)c1)c1ccccc1Br. The van der Waals surface area contributed by atoms with E-state index in [2.05, 4.69) is 36.8 Å². The number of tetrazole rings is 1. The Morgan fingerprint density at radius 1 is 1.17 bits per heavy atom. The Bertz CT molecular complexity index is 903. The van der Waals surface area contributed by atoms with Crippen molar-refractivity contribution in [2.45, 2.75) is 18.9 Å². The largest absolute Gasteiger partial charge is 0.322 e. The Hall–Kier alpha value is -2.54. The number of nitrogens with zero attached hydrogens (tertiary/aromatic N) is 4. The van der Waals surface area contributed by atoms with Gasteiger partial charge in [-0.2, -0.15) is 0 Å². The van der Waals surface area contributed by atoms with Gasteiger partial charge in [0.1, 0.15) is 0 Å². The van der Waals surface area contributed by atoms with E-state index in [0.717, 1.165) is 28.7 Å². The third-order valence-corrected chi connectivity index (χ3v) is 4.57. The van der Waals surface area contributed by atoms with Crippen LogP contribution in [0.15, 0.2) is 53.0 Å². The second-order valence-electron chi connectivity index (χ2n) is 5.69. The molecule has 7 heteroatoms. The van der Waals surface area contributed by atoms with Gasteiger partial charge in [0.05, 0.1) is 11.6 Å². The Kier molecular flexibility index (Phi) is 3.86. The van der Waals surface area contributed by atoms with Crippen molar-refractivity contribution in [3.8, 4) is 11.4 Å². The Morgan fingerprint density at radius 3 is 2.79 bits per heavy atom. The van der Waals surface area contributed by atoms with Crippen molar-refractivity contribution in [1.29, 1.82) is 0 Å². The summed E-state index contributed by atoms with van der Waals surface area (Å²) in [6.07, 6.45) is 2.22. The molecule has 1 fully saturated rings. The van der Waals surface area contributed by atoms with Gasteiger partial charge in [0.2, 0.25) is 0 Å². The highest BCUT2D eigenvalue weighted by molar-refractivity contribution is 9.10. The monoisotopic (exact) mass is 383 g/mol. The second-order valence-corrected chi connectivity index (χ2v) is 6.55. The topological polar surface area (TPSA) is 72.7 Å². The number of halogens is 1. The molecule has 1 aromatic heterocycles. The molecule has 120 valence electrons. The molecule has 1 heterocycles. The van der Waals surface area contributed by atoms with Crippen LogP contribution in [-0.4, -0.2) is 26.1 Å². The molecule has 1 amide bonds. The number of hydrogen-bond donors (Lipinski definition) is 1. The van der Waals surface area contributed by atoms with E-state index >= 15 is 0 Å². The summed E-state index contributed by atoms with van der Waals surface area (Å²) >= 11 is 3.40. The zero-order valence-corrected chi connectivity index (χ0v) is 14.3. The number of rotatable bonds is 4. The van der Waals surface area contributed by atoms with Gasteiger partial charge in [-0.25, -0.2) is 4.68 Å². The Labute approximate surface area is 147 Å². The molecular formula is C17H14BrN5O. The molecule has 0 spiro atoms. The van der Waals surface area contributed by atoms with E-state index in [9.17, 15) is 4.79 Å². The molecule has 3 aromatic rings. The van der Waals surface area contributed by atoms with Crippen LogP contribution in [0.25, 0.3) is 11.4 Å². The molecule has 1 N–H and O–H groups in total. The third-order valence-electron chi connectivity index (χ3n) is 3.88. The van der Waals surface area contributed by atoms with Crippen molar-refractivity contribution in [1.82, 2.24) is 20.2 Å². The summed E-state index contributed by atoms with van der Waals surface area (Å²) in [5.74, 6) is 0.566. The molecule has 0 aliphatic heterocycles. The molecule has 24 heavy (non-hydrogen) atoms. The van der Waals surface area contributed by atoms with E-state index in [1.54, 1.807) is 6.07 Å². The lowest BCUT2D eigenvalue weighted by atomic mass is 10.1. The number of nitrogens with one attached hydrogen (secondary N) is 1. The van der Waals surface area contributed by atoms with Gasteiger partial charge >= 0.3 is 0 Å². The minimum atomic E-state index is -0.165. The smallest absolute Gasteiger partial charge is 0.256 e. The molecule has 1 saturated carbocycles. The van der Waals surface area contributed by atoms with Gasteiger partial charge < -0.3 is 5.32 Å². The predicted molar refractivity (Wildman–Crippen MR) is 93.6 cm³/mol. The first-order valence-corrected chi connectivity index (χ1v) is 8.46. The number of anilines is 1. The summed E-state index contributed by atoms with van der Waals surface area (Å²) in [5.41, 5.74) is 2.18. The Morgan fingerprint density at radius 2 is 2.00 bits per heavy atom. The fourth-order valence-corrected chi connectivity index (χ4v) is 2.99. The molecule has 6 nitrogen and oxygen atoms in total. The summed E-state index contributed by atoms with van der Waals surface area (Å²) in [4.78, 5) is 12.4. The van der Waals surface area contributed by atoms with Crippen LogP contribution >= 0.6 is 15.9 Å². The second kappa shape index (κ2) is 6.16. The minimum Gasteiger partial charge on any atom is -0.322 e. The van der Waals surface area contributed by atoms with Gasteiger partial charge in [-0.05, 0) is 63.5 Å². The zero-order chi connectivity index (χ0) is 16.5. The molecule has 0 unspecified atom stereocenters. The van der Waals surface area contributed by atoms with Crippen LogP contribution in [0.4, 0.5) is 5.69 Å². The Balaban J connectivity index is 1.60. The molecule has 1 aliphatic carbocycles. The number of aromatic nitrogens is 4. The van der Waals surface area contributed by atoms with Crippen molar-refractivity contribution in [2.75, 3.05) is 5.32 Å². The van der Waals surface area contributed by atoms with Crippen molar-refractivity contribution in [3.63, 3.8) is 0 Å². The lowest BCUT2D eigenvalue weighted by molar-refractivity contribution is 0.102. The minimum absolute atomic E-state index is 0.165. The maximum Gasteiger partial charge on any atom is 0.256 e. The van der Waals surface area contributed by atoms with E-state index in [1.807, 2.05) is 47.1 Å². The quantitative estimate of drug-likeness (QED) is 0.745. The van der Waals surface area contributed by atoms with Crippen molar-refractivity contribution in [2.24, 2.45) is 0 Å². The van der Waals surface area contributed by atoms with E-state index in [0.29, 0.717) is 17.3 Å². The van der Waals surface area contributed by atoms with Crippen LogP contribution in [0.3, 0.4) is 0 Å². The van der Waals surface area contributed by atoms with Gasteiger partial charge in [0.15, 0.2) is 5.82 Å². The number of carbonyl (C=O) groups is 1.